The smallest absolute Gasteiger partial charge is 0.0741 e. The SMILES string of the molecule is CCNc1c2c(nc3cc(Cl)ccc13)CCCC2. The molecule has 0 saturated carbocycles. The summed E-state index contributed by atoms with van der Waals surface area (Å²) in [5.41, 5.74) is 4.96. The molecule has 1 N–H and O–H groups in total. The van der Waals surface area contributed by atoms with Crippen LogP contribution in [0.25, 0.3) is 10.9 Å². The molecule has 1 aromatic heterocycles. The monoisotopic (exact) mass is 260 g/mol. The summed E-state index contributed by atoms with van der Waals surface area (Å²) in [7, 11) is 0. The van der Waals surface area contributed by atoms with Gasteiger partial charge in [0.15, 0.2) is 0 Å². The number of benzene rings is 1. The maximum atomic E-state index is 6.07. The average Bonchev–Trinajstić information content (AvgIpc) is 2.38. The van der Waals surface area contributed by atoms with Crippen LogP contribution < -0.4 is 5.32 Å². The molecule has 0 spiro atoms. The van der Waals surface area contributed by atoms with Gasteiger partial charge in [-0.1, -0.05) is 11.6 Å². The summed E-state index contributed by atoms with van der Waals surface area (Å²) in [4.78, 5) is 4.80. The lowest BCUT2D eigenvalue weighted by Gasteiger charge is -2.21. The third-order valence-electron chi connectivity index (χ3n) is 3.58. The number of nitrogens with zero attached hydrogens (tertiary/aromatic N) is 1. The van der Waals surface area contributed by atoms with Crippen LogP contribution in [0.15, 0.2) is 18.2 Å². The van der Waals surface area contributed by atoms with Crippen molar-refractivity contribution in [3.8, 4) is 0 Å². The van der Waals surface area contributed by atoms with Crippen LogP contribution in [-0.4, -0.2) is 11.5 Å². The first kappa shape index (κ1) is 11.8. The molecule has 0 amide bonds. The fourth-order valence-electron chi connectivity index (χ4n) is 2.78. The molecule has 1 heterocycles. The van der Waals surface area contributed by atoms with Gasteiger partial charge in [-0.25, -0.2) is 0 Å². The molecule has 0 saturated heterocycles. The van der Waals surface area contributed by atoms with Crippen LogP contribution in [0, 0.1) is 0 Å². The van der Waals surface area contributed by atoms with Crippen molar-refractivity contribution in [2.45, 2.75) is 32.6 Å². The summed E-state index contributed by atoms with van der Waals surface area (Å²) in [5.74, 6) is 0. The van der Waals surface area contributed by atoms with E-state index in [1.807, 2.05) is 12.1 Å². The number of hydrogen-bond donors (Lipinski definition) is 1. The van der Waals surface area contributed by atoms with Crippen molar-refractivity contribution in [2.24, 2.45) is 0 Å². The maximum absolute atomic E-state index is 6.07. The predicted molar refractivity (Wildman–Crippen MR) is 77.6 cm³/mol. The number of rotatable bonds is 2. The van der Waals surface area contributed by atoms with Crippen LogP contribution in [0.4, 0.5) is 5.69 Å². The van der Waals surface area contributed by atoms with E-state index in [9.17, 15) is 0 Å². The second-order valence-electron chi connectivity index (χ2n) is 4.81. The van der Waals surface area contributed by atoms with Crippen molar-refractivity contribution >= 4 is 28.2 Å². The number of aryl methyl sites for hydroxylation is 1. The number of halogens is 1. The van der Waals surface area contributed by atoms with Crippen LogP contribution in [0.1, 0.15) is 31.0 Å². The molecule has 2 aromatic rings. The third-order valence-corrected chi connectivity index (χ3v) is 3.81. The minimum Gasteiger partial charge on any atom is -0.384 e. The Labute approximate surface area is 112 Å². The van der Waals surface area contributed by atoms with Gasteiger partial charge in [-0.05, 0) is 56.4 Å². The Morgan fingerprint density at radius 2 is 2.11 bits per heavy atom. The van der Waals surface area contributed by atoms with Gasteiger partial charge in [0.05, 0.1) is 5.52 Å². The highest BCUT2D eigenvalue weighted by Gasteiger charge is 2.17. The number of fused-ring (bicyclic) bond motifs is 2. The molecule has 0 fully saturated rings. The van der Waals surface area contributed by atoms with E-state index in [0.29, 0.717) is 0 Å². The van der Waals surface area contributed by atoms with Gasteiger partial charge in [0, 0.05) is 28.3 Å². The highest BCUT2D eigenvalue weighted by atomic mass is 35.5. The molecule has 1 aliphatic carbocycles. The highest BCUT2D eigenvalue weighted by Crippen LogP contribution is 2.34. The molecule has 3 heteroatoms. The van der Waals surface area contributed by atoms with E-state index in [2.05, 4.69) is 18.3 Å². The van der Waals surface area contributed by atoms with E-state index in [0.717, 1.165) is 29.9 Å². The highest BCUT2D eigenvalue weighted by molar-refractivity contribution is 6.31. The topological polar surface area (TPSA) is 24.9 Å². The molecule has 2 nitrogen and oxygen atoms in total. The van der Waals surface area contributed by atoms with E-state index in [1.54, 1.807) is 0 Å². The van der Waals surface area contributed by atoms with E-state index >= 15 is 0 Å². The number of aromatic nitrogens is 1. The van der Waals surface area contributed by atoms with Gasteiger partial charge in [-0.3, -0.25) is 4.98 Å². The Balaban J connectivity index is 2.29. The van der Waals surface area contributed by atoms with Gasteiger partial charge in [-0.2, -0.15) is 0 Å². The van der Waals surface area contributed by atoms with Gasteiger partial charge in [0.1, 0.15) is 0 Å². The fourth-order valence-corrected chi connectivity index (χ4v) is 2.94. The van der Waals surface area contributed by atoms with Crippen molar-refractivity contribution in [2.75, 3.05) is 11.9 Å². The second kappa shape index (κ2) is 4.77. The van der Waals surface area contributed by atoms with Gasteiger partial charge in [0.2, 0.25) is 0 Å². The minimum absolute atomic E-state index is 0.758. The Bertz CT molecular complexity index is 593. The summed E-state index contributed by atoms with van der Waals surface area (Å²) in [5, 5.41) is 5.47. The summed E-state index contributed by atoms with van der Waals surface area (Å²) >= 11 is 6.07. The van der Waals surface area contributed by atoms with Gasteiger partial charge in [0.25, 0.3) is 0 Å². The summed E-state index contributed by atoms with van der Waals surface area (Å²) in [6.07, 6.45) is 4.75. The zero-order chi connectivity index (χ0) is 12.5. The van der Waals surface area contributed by atoms with Crippen molar-refractivity contribution < 1.29 is 0 Å². The zero-order valence-corrected chi connectivity index (χ0v) is 11.3. The minimum atomic E-state index is 0.758. The summed E-state index contributed by atoms with van der Waals surface area (Å²) in [6, 6.07) is 5.99. The van der Waals surface area contributed by atoms with Crippen molar-refractivity contribution in [1.29, 1.82) is 0 Å². The summed E-state index contributed by atoms with van der Waals surface area (Å²) < 4.78 is 0. The molecule has 18 heavy (non-hydrogen) atoms. The number of anilines is 1. The lowest BCUT2D eigenvalue weighted by molar-refractivity contribution is 0.672. The molecule has 0 atom stereocenters. The Hall–Kier alpha value is -1.28. The molecular weight excluding hydrogens is 244 g/mol. The Kier molecular flexibility index (Phi) is 3.13. The summed E-state index contributed by atoms with van der Waals surface area (Å²) in [6.45, 7) is 3.07. The third kappa shape index (κ3) is 1.95. The molecule has 0 aliphatic heterocycles. The van der Waals surface area contributed by atoms with E-state index in [4.69, 9.17) is 16.6 Å². The molecular formula is C15H17ClN2. The largest absolute Gasteiger partial charge is 0.384 e. The van der Waals surface area contributed by atoms with Crippen LogP contribution in [0.5, 0.6) is 0 Å². The molecule has 0 unspecified atom stereocenters. The van der Waals surface area contributed by atoms with Crippen LogP contribution in [-0.2, 0) is 12.8 Å². The first-order chi connectivity index (χ1) is 8.79. The van der Waals surface area contributed by atoms with Crippen molar-refractivity contribution in [3.05, 3.63) is 34.5 Å². The van der Waals surface area contributed by atoms with E-state index < -0.39 is 0 Å². The number of hydrogen-bond acceptors (Lipinski definition) is 2. The maximum Gasteiger partial charge on any atom is 0.0741 e. The molecule has 1 aromatic carbocycles. The van der Waals surface area contributed by atoms with Crippen LogP contribution >= 0.6 is 11.6 Å². The van der Waals surface area contributed by atoms with Crippen molar-refractivity contribution in [1.82, 2.24) is 4.98 Å². The van der Waals surface area contributed by atoms with Gasteiger partial charge in [-0.15, -0.1) is 0 Å². The predicted octanol–water partition coefficient (Wildman–Crippen LogP) is 4.20. The lowest BCUT2D eigenvalue weighted by atomic mass is 9.92. The number of nitrogens with one attached hydrogen (secondary N) is 1. The second-order valence-corrected chi connectivity index (χ2v) is 5.25. The average molecular weight is 261 g/mol. The van der Waals surface area contributed by atoms with Crippen LogP contribution in [0.2, 0.25) is 5.02 Å². The first-order valence-corrected chi connectivity index (χ1v) is 7.02. The molecule has 0 bridgehead atoms. The zero-order valence-electron chi connectivity index (χ0n) is 10.6. The fraction of sp³-hybridized carbons (Fsp3) is 0.400. The molecule has 1 aliphatic rings. The van der Waals surface area contributed by atoms with E-state index in [-0.39, 0.29) is 0 Å². The Morgan fingerprint density at radius 3 is 2.94 bits per heavy atom. The lowest BCUT2D eigenvalue weighted by Crippen LogP contribution is -2.11. The van der Waals surface area contributed by atoms with Crippen molar-refractivity contribution in [3.63, 3.8) is 0 Å². The Morgan fingerprint density at radius 1 is 1.28 bits per heavy atom. The van der Waals surface area contributed by atoms with Crippen LogP contribution in [0.3, 0.4) is 0 Å². The van der Waals surface area contributed by atoms with Gasteiger partial charge >= 0.3 is 0 Å². The normalized spacial score (nSPS) is 14.6. The van der Waals surface area contributed by atoms with Gasteiger partial charge < -0.3 is 5.32 Å². The standard InChI is InChI=1S/C15H17ClN2/c1-2-17-15-11-5-3-4-6-13(11)18-14-9-10(16)7-8-12(14)15/h7-9H,2-6H2,1H3,(H,17,18). The molecule has 94 valence electrons. The quantitative estimate of drug-likeness (QED) is 0.875. The molecule has 3 rings (SSSR count). The number of pyridine rings is 1. The molecule has 0 radical (unpaired) electrons. The first-order valence-electron chi connectivity index (χ1n) is 6.64. The van der Waals surface area contributed by atoms with E-state index in [1.165, 1.54) is 35.2 Å².